The van der Waals surface area contributed by atoms with Crippen LogP contribution in [0, 0.1) is 0 Å². The highest BCUT2D eigenvalue weighted by atomic mass is 79.9. The van der Waals surface area contributed by atoms with Crippen molar-refractivity contribution < 1.29 is 13.2 Å². The lowest BCUT2D eigenvalue weighted by atomic mass is 10.3. The lowest BCUT2D eigenvalue weighted by Gasteiger charge is -2.08. The topological polar surface area (TPSA) is 55.4 Å². The summed E-state index contributed by atoms with van der Waals surface area (Å²) in [6.07, 6.45) is 0. The second kappa shape index (κ2) is 5.66. The minimum Gasteiger partial charge on any atom is -0.496 e. The van der Waals surface area contributed by atoms with Gasteiger partial charge in [0.15, 0.2) is 0 Å². The van der Waals surface area contributed by atoms with Crippen LogP contribution in [0.4, 0.5) is 0 Å². The molecule has 0 fully saturated rings. The van der Waals surface area contributed by atoms with Crippen LogP contribution in [0.2, 0.25) is 0 Å². The quantitative estimate of drug-likeness (QED) is 0.847. The number of sulfonamides is 1. The summed E-state index contributed by atoms with van der Waals surface area (Å²) in [5.74, 6) is 0.587. The Morgan fingerprint density at radius 3 is 2.65 bits per heavy atom. The van der Waals surface area contributed by atoms with Crippen LogP contribution >= 0.6 is 15.9 Å². The second-order valence-electron chi connectivity index (χ2n) is 3.58. The molecule has 4 nitrogen and oxygen atoms in total. The molecule has 1 aromatic carbocycles. The van der Waals surface area contributed by atoms with Crippen LogP contribution < -0.4 is 9.46 Å². The maximum atomic E-state index is 11.9. The monoisotopic (exact) mass is 319 g/mol. The molecule has 0 radical (unpaired) electrons. The Morgan fingerprint density at radius 1 is 1.53 bits per heavy atom. The average molecular weight is 320 g/mol. The van der Waals surface area contributed by atoms with E-state index >= 15 is 0 Å². The van der Waals surface area contributed by atoms with Gasteiger partial charge in [0.05, 0.1) is 16.5 Å². The largest absolute Gasteiger partial charge is 0.496 e. The first-order valence-corrected chi connectivity index (χ1v) is 7.12. The number of ether oxygens (including phenoxy) is 1. The predicted molar refractivity (Wildman–Crippen MR) is 70.7 cm³/mol. The molecule has 1 aromatic rings. The summed E-state index contributed by atoms with van der Waals surface area (Å²) >= 11 is 3.25. The Hall–Kier alpha value is -0.850. The van der Waals surface area contributed by atoms with Crippen molar-refractivity contribution in [2.24, 2.45) is 0 Å². The molecule has 17 heavy (non-hydrogen) atoms. The summed E-state index contributed by atoms with van der Waals surface area (Å²) in [7, 11) is -1.98. The van der Waals surface area contributed by atoms with Gasteiger partial charge in [0.2, 0.25) is 10.0 Å². The van der Waals surface area contributed by atoms with E-state index in [0.29, 0.717) is 10.2 Å². The molecule has 0 atom stereocenters. The van der Waals surface area contributed by atoms with Gasteiger partial charge < -0.3 is 4.74 Å². The van der Waals surface area contributed by atoms with Crippen LogP contribution in [0.15, 0.2) is 39.7 Å². The van der Waals surface area contributed by atoms with Crippen LogP contribution in [-0.4, -0.2) is 22.1 Å². The zero-order valence-corrected chi connectivity index (χ0v) is 12.1. The van der Waals surface area contributed by atoms with Gasteiger partial charge in [0, 0.05) is 6.54 Å². The van der Waals surface area contributed by atoms with Crippen molar-refractivity contribution in [1.29, 1.82) is 0 Å². The van der Waals surface area contributed by atoms with E-state index in [1.807, 2.05) is 0 Å². The van der Waals surface area contributed by atoms with E-state index < -0.39 is 10.0 Å². The first-order chi connectivity index (χ1) is 7.86. The maximum absolute atomic E-state index is 11.9. The zero-order valence-electron chi connectivity index (χ0n) is 9.66. The molecular formula is C11H14BrNO3S. The van der Waals surface area contributed by atoms with Crippen molar-refractivity contribution >= 4 is 26.0 Å². The summed E-state index contributed by atoms with van der Waals surface area (Å²) in [4.78, 5) is 0.187. The molecule has 0 aliphatic carbocycles. The summed E-state index contributed by atoms with van der Waals surface area (Å²) in [6.45, 7) is 5.63. The van der Waals surface area contributed by atoms with Crippen molar-refractivity contribution in [1.82, 2.24) is 4.72 Å². The lowest BCUT2D eigenvalue weighted by molar-refractivity contribution is 0.411. The molecule has 0 aliphatic heterocycles. The van der Waals surface area contributed by atoms with E-state index in [0.717, 1.165) is 5.57 Å². The molecule has 0 spiro atoms. The van der Waals surface area contributed by atoms with E-state index in [4.69, 9.17) is 4.74 Å². The van der Waals surface area contributed by atoms with Crippen molar-refractivity contribution in [3.05, 3.63) is 34.8 Å². The number of methoxy groups -OCH3 is 1. The number of rotatable bonds is 5. The minimum atomic E-state index is -3.50. The zero-order chi connectivity index (χ0) is 13.1. The molecule has 0 aromatic heterocycles. The fourth-order valence-corrected chi connectivity index (χ4v) is 2.93. The highest BCUT2D eigenvalue weighted by Gasteiger charge is 2.15. The van der Waals surface area contributed by atoms with Gasteiger partial charge in [-0.25, -0.2) is 13.1 Å². The van der Waals surface area contributed by atoms with Gasteiger partial charge in [-0.15, -0.1) is 0 Å². The van der Waals surface area contributed by atoms with Crippen molar-refractivity contribution in [2.45, 2.75) is 11.8 Å². The molecule has 0 bridgehead atoms. The first-order valence-electron chi connectivity index (χ1n) is 4.84. The average Bonchev–Trinajstić information content (AvgIpc) is 2.26. The minimum absolute atomic E-state index is 0.187. The van der Waals surface area contributed by atoms with Gasteiger partial charge in [-0.05, 0) is 41.1 Å². The second-order valence-corrected chi connectivity index (χ2v) is 6.20. The van der Waals surface area contributed by atoms with Gasteiger partial charge in [0.25, 0.3) is 0 Å². The van der Waals surface area contributed by atoms with E-state index in [-0.39, 0.29) is 11.4 Å². The lowest BCUT2D eigenvalue weighted by Crippen LogP contribution is -2.25. The Morgan fingerprint density at radius 2 is 2.18 bits per heavy atom. The van der Waals surface area contributed by atoms with Crippen molar-refractivity contribution in [3.8, 4) is 5.75 Å². The number of hydrogen-bond acceptors (Lipinski definition) is 3. The Balaban J connectivity index is 2.99. The predicted octanol–water partition coefficient (Wildman–Crippen LogP) is 2.31. The summed E-state index contributed by atoms with van der Waals surface area (Å²) in [6, 6.07) is 4.59. The fraction of sp³-hybridized carbons (Fsp3) is 0.273. The highest BCUT2D eigenvalue weighted by molar-refractivity contribution is 9.10. The van der Waals surface area contributed by atoms with Gasteiger partial charge in [-0.2, -0.15) is 0 Å². The Bertz CT molecular complexity index is 526. The van der Waals surface area contributed by atoms with E-state index in [2.05, 4.69) is 27.2 Å². The first kappa shape index (κ1) is 14.2. The Labute approximate surface area is 110 Å². The highest BCUT2D eigenvalue weighted by Crippen LogP contribution is 2.27. The summed E-state index contributed by atoms with van der Waals surface area (Å²) < 4.78 is 31.8. The number of nitrogens with one attached hydrogen (secondary N) is 1. The van der Waals surface area contributed by atoms with Gasteiger partial charge in [-0.1, -0.05) is 12.2 Å². The Kier molecular flexibility index (Phi) is 4.73. The molecule has 0 unspecified atom stereocenters. The summed E-state index contributed by atoms with van der Waals surface area (Å²) in [5.41, 5.74) is 0.751. The van der Waals surface area contributed by atoms with Gasteiger partial charge >= 0.3 is 0 Å². The van der Waals surface area contributed by atoms with Crippen LogP contribution in [0.5, 0.6) is 5.75 Å². The van der Waals surface area contributed by atoms with Crippen LogP contribution in [0.3, 0.4) is 0 Å². The third-order valence-corrected chi connectivity index (χ3v) is 4.02. The number of benzene rings is 1. The molecule has 1 N–H and O–H groups in total. The molecule has 0 heterocycles. The van der Waals surface area contributed by atoms with Crippen LogP contribution in [-0.2, 0) is 10.0 Å². The van der Waals surface area contributed by atoms with Gasteiger partial charge in [-0.3, -0.25) is 0 Å². The van der Waals surface area contributed by atoms with Gasteiger partial charge in [0.1, 0.15) is 5.75 Å². The van der Waals surface area contributed by atoms with E-state index in [9.17, 15) is 8.42 Å². The standard InChI is InChI=1S/C11H14BrNO3S/c1-8(2)7-13-17(14,15)9-4-5-11(16-3)10(12)6-9/h4-6,13H,1,7H2,2-3H3. The summed E-state index contributed by atoms with van der Waals surface area (Å²) in [5, 5.41) is 0. The molecule has 1 rings (SSSR count). The SMILES string of the molecule is C=C(C)CNS(=O)(=O)c1ccc(OC)c(Br)c1. The molecular weight excluding hydrogens is 306 g/mol. The molecule has 0 aliphatic rings. The molecule has 0 saturated carbocycles. The third-order valence-electron chi connectivity index (χ3n) is 2.00. The molecule has 94 valence electrons. The van der Waals surface area contributed by atoms with Crippen molar-refractivity contribution in [2.75, 3.05) is 13.7 Å². The fourth-order valence-electron chi connectivity index (χ4n) is 1.12. The van der Waals surface area contributed by atoms with Crippen molar-refractivity contribution in [3.63, 3.8) is 0 Å². The smallest absolute Gasteiger partial charge is 0.240 e. The number of hydrogen-bond donors (Lipinski definition) is 1. The normalized spacial score (nSPS) is 11.2. The molecule has 0 amide bonds. The van der Waals surface area contributed by atoms with Crippen LogP contribution in [0.25, 0.3) is 0 Å². The molecule has 0 saturated heterocycles. The van der Waals surface area contributed by atoms with E-state index in [1.54, 1.807) is 13.0 Å². The molecule has 6 heteroatoms. The number of halogens is 1. The third kappa shape index (κ3) is 3.83. The van der Waals surface area contributed by atoms with E-state index in [1.165, 1.54) is 19.2 Å². The maximum Gasteiger partial charge on any atom is 0.240 e. The van der Waals surface area contributed by atoms with Crippen LogP contribution in [0.1, 0.15) is 6.92 Å².